The van der Waals surface area contributed by atoms with Crippen LogP contribution in [-0.4, -0.2) is 59.0 Å². The van der Waals surface area contributed by atoms with Crippen molar-refractivity contribution in [3.05, 3.63) is 64.6 Å². The van der Waals surface area contributed by atoms with Crippen LogP contribution in [0.15, 0.2) is 53.4 Å². The van der Waals surface area contributed by atoms with Crippen molar-refractivity contribution in [3.63, 3.8) is 0 Å². The van der Waals surface area contributed by atoms with Gasteiger partial charge in [-0.05, 0) is 52.4 Å². The number of nitrogens with one attached hydrogen (secondary N) is 1. The molecule has 0 bridgehead atoms. The summed E-state index contributed by atoms with van der Waals surface area (Å²) in [4.78, 5) is 29.3. The van der Waals surface area contributed by atoms with Crippen LogP contribution >= 0.6 is 11.3 Å². The third-order valence-corrected chi connectivity index (χ3v) is 6.27. The summed E-state index contributed by atoms with van der Waals surface area (Å²) < 4.78 is 0. The van der Waals surface area contributed by atoms with Crippen molar-refractivity contribution in [2.45, 2.75) is 12.8 Å². The highest BCUT2D eigenvalue weighted by molar-refractivity contribution is 7.08. The van der Waals surface area contributed by atoms with Crippen molar-refractivity contribution >= 4 is 23.2 Å². The second-order valence-electron chi connectivity index (χ2n) is 7.81. The van der Waals surface area contributed by atoms with E-state index in [1.807, 2.05) is 0 Å². The van der Waals surface area contributed by atoms with Crippen LogP contribution in [-0.2, 0) is 11.2 Å². The van der Waals surface area contributed by atoms with Gasteiger partial charge >= 0.3 is 0 Å². The Kier molecular flexibility index (Phi) is 5.24. The lowest BCUT2D eigenvalue weighted by Gasteiger charge is -2.31. The van der Waals surface area contributed by atoms with E-state index in [0.29, 0.717) is 31.6 Å². The van der Waals surface area contributed by atoms with E-state index in [1.165, 1.54) is 11.1 Å². The first-order chi connectivity index (χ1) is 14.0. The summed E-state index contributed by atoms with van der Waals surface area (Å²) in [5, 5.41) is 10.8. The largest absolute Gasteiger partial charge is 0.348 e. The lowest BCUT2D eigenvalue weighted by Crippen LogP contribution is -2.44. The topological polar surface area (TPSA) is 69.3 Å². The van der Waals surface area contributed by atoms with E-state index < -0.39 is 5.41 Å². The molecule has 1 fully saturated rings. The van der Waals surface area contributed by atoms with Crippen LogP contribution in [0.4, 0.5) is 0 Å². The molecule has 0 saturated carbocycles. The molecule has 2 aromatic heterocycles. The maximum absolute atomic E-state index is 13.1. The number of nitrogens with zero attached hydrogens (tertiary/aromatic N) is 3. The normalized spacial score (nSPS) is 18.8. The number of amides is 2. The average Bonchev–Trinajstić information content (AvgIpc) is 3.49. The molecule has 0 aliphatic carbocycles. The Labute approximate surface area is 174 Å². The number of aromatic nitrogens is 2. The van der Waals surface area contributed by atoms with Crippen LogP contribution < -0.4 is 0 Å². The average molecular weight is 409 g/mol. The van der Waals surface area contributed by atoms with Crippen molar-refractivity contribution in [1.29, 1.82) is 0 Å². The van der Waals surface area contributed by atoms with Crippen molar-refractivity contribution in [2.75, 3.05) is 27.2 Å². The van der Waals surface area contributed by atoms with Crippen molar-refractivity contribution in [3.8, 4) is 11.1 Å². The van der Waals surface area contributed by atoms with Crippen LogP contribution in [0.3, 0.4) is 0 Å². The number of H-pyrrole nitrogens is 1. The smallest absolute Gasteiger partial charge is 0.271 e. The van der Waals surface area contributed by atoms with E-state index in [2.05, 4.69) is 51.3 Å². The van der Waals surface area contributed by atoms with Gasteiger partial charge in [0.1, 0.15) is 5.69 Å². The summed E-state index contributed by atoms with van der Waals surface area (Å²) in [6, 6.07) is 12.2. The number of aromatic amines is 1. The fraction of sp³-hybridized carbons (Fsp3) is 0.318. The van der Waals surface area contributed by atoms with Gasteiger partial charge in [0.2, 0.25) is 5.91 Å². The molecule has 7 heteroatoms. The van der Waals surface area contributed by atoms with Crippen molar-refractivity contribution in [1.82, 2.24) is 20.0 Å². The molecular formula is C22H24N4O2S. The highest BCUT2D eigenvalue weighted by Crippen LogP contribution is 2.37. The molecule has 1 aliphatic rings. The van der Waals surface area contributed by atoms with Gasteiger partial charge < -0.3 is 9.80 Å². The van der Waals surface area contributed by atoms with E-state index >= 15 is 0 Å². The lowest BCUT2D eigenvalue weighted by molar-refractivity contribution is -0.138. The predicted octanol–water partition coefficient (Wildman–Crippen LogP) is 3.30. The maximum atomic E-state index is 13.1. The first-order valence-electron chi connectivity index (χ1n) is 9.60. The Morgan fingerprint density at radius 2 is 1.97 bits per heavy atom. The Morgan fingerprint density at radius 3 is 2.59 bits per heavy atom. The fourth-order valence-electron chi connectivity index (χ4n) is 4.09. The quantitative estimate of drug-likeness (QED) is 0.704. The summed E-state index contributed by atoms with van der Waals surface area (Å²) in [6.07, 6.45) is 2.83. The van der Waals surface area contributed by atoms with E-state index in [-0.39, 0.29) is 11.8 Å². The zero-order valence-corrected chi connectivity index (χ0v) is 17.4. The fourth-order valence-corrected chi connectivity index (χ4v) is 4.76. The molecule has 0 spiro atoms. The van der Waals surface area contributed by atoms with Crippen LogP contribution in [0, 0.1) is 5.41 Å². The molecule has 29 heavy (non-hydrogen) atoms. The summed E-state index contributed by atoms with van der Waals surface area (Å²) in [6.45, 7) is 0.971. The minimum atomic E-state index is -0.608. The standard InChI is InChI=1S/C22H24N4O2S/c1-25(2)21(28)22(9-11-26(15-22)20(27)19-7-10-23-24-19)13-16-3-5-17(6-4-16)18-8-12-29-14-18/h3-8,10,12,14H,9,11,13,15H2,1-2H3,(H,23,24). The molecule has 3 aromatic rings. The zero-order valence-electron chi connectivity index (χ0n) is 16.6. The molecule has 4 rings (SSSR count). The number of hydrogen-bond donors (Lipinski definition) is 1. The minimum Gasteiger partial charge on any atom is -0.348 e. The summed E-state index contributed by atoms with van der Waals surface area (Å²) >= 11 is 1.68. The number of benzene rings is 1. The van der Waals surface area contributed by atoms with Gasteiger partial charge in [-0.1, -0.05) is 24.3 Å². The number of likely N-dealkylation sites (tertiary alicyclic amines) is 1. The van der Waals surface area contributed by atoms with Crippen LogP contribution in [0.5, 0.6) is 0 Å². The highest BCUT2D eigenvalue weighted by atomic mass is 32.1. The number of rotatable bonds is 5. The molecule has 3 heterocycles. The molecule has 1 N–H and O–H groups in total. The van der Waals surface area contributed by atoms with Crippen molar-refractivity contribution < 1.29 is 9.59 Å². The Balaban J connectivity index is 1.56. The molecule has 2 amide bonds. The monoisotopic (exact) mass is 408 g/mol. The minimum absolute atomic E-state index is 0.0688. The van der Waals surface area contributed by atoms with E-state index in [4.69, 9.17) is 0 Å². The summed E-state index contributed by atoms with van der Waals surface area (Å²) in [5.74, 6) is -0.0388. The number of thiophene rings is 1. The molecular weight excluding hydrogens is 384 g/mol. The Hall–Kier alpha value is -2.93. The van der Waals surface area contributed by atoms with Gasteiger partial charge in [-0.25, -0.2) is 0 Å². The Morgan fingerprint density at radius 1 is 1.17 bits per heavy atom. The first-order valence-corrected chi connectivity index (χ1v) is 10.5. The van der Waals surface area contributed by atoms with Crippen LogP contribution in [0.1, 0.15) is 22.5 Å². The maximum Gasteiger partial charge on any atom is 0.271 e. The molecule has 1 atom stereocenters. The second kappa shape index (κ2) is 7.83. The Bertz CT molecular complexity index is 981. The summed E-state index contributed by atoms with van der Waals surface area (Å²) in [7, 11) is 3.56. The van der Waals surface area contributed by atoms with Gasteiger partial charge in [-0.15, -0.1) is 0 Å². The number of hydrogen-bond acceptors (Lipinski definition) is 4. The van der Waals surface area contributed by atoms with E-state index in [0.717, 1.165) is 5.56 Å². The molecule has 1 aromatic carbocycles. The SMILES string of the molecule is CN(C)C(=O)C1(Cc2ccc(-c3ccsc3)cc2)CCN(C(=O)c2ccn[nH]2)C1. The third kappa shape index (κ3) is 3.82. The van der Waals surface area contributed by atoms with Gasteiger partial charge in [0.15, 0.2) is 0 Å². The second-order valence-corrected chi connectivity index (χ2v) is 8.59. The van der Waals surface area contributed by atoms with Gasteiger partial charge in [-0.3, -0.25) is 14.7 Å². The molecule has 1 saturated heterocycles. The first kappa shape index (κ1) is 19.4. The molecule has 1 unspecified atom stereocenters. The van der Waals surface area contributed by atoms with Crippen LogP contribution in [0.25, 0.3) is 11.1 Å². The van der Waals surface area contributed by atoms with Gasteiger partial charge in [-0.2, -0.15) is 16.4 Å². The zero-order chi connectivity index (χ0) is 20.4. The van der Waals surface area contributed by atoms with Crippen LogP contribution in [0.2, 0.25) is 0 Å². The lowest BCUT2D eigenvalue weighted by atomic mass is 9.79. The van der Waals surface area contributed by atoms with Crippen molar-refractivity contribution in [2.24, 2.45) is 5.41 Å². The molecule has 6 nitrogen and oxygen atoms in total. The van der Waals surface area contributed by atoms with E-state index in [1.54, 1.807) is 47.5 Å². The predicted molar refractivity (Wildman–Crippen MR) is 114 cm³/mol. The van der Waals surface area contributed by atoms with Gasteiger partial charge in [0, 0.05) is 33.4 Å². The molecule has 1 aliphatic heterocycles. The van der Waals surface area contributed by atoms with Gasteiger partial charge in [0.05, 0.1) is 5.41 Å². The third-order valence-electron chi connectivity index (χ3n) is 5.58. The number of carbonyl (C=O) groups is 2. The number of carbonyl (C=O) groups excluding carboxylic acids is 2. The molecule has 0 radical (unpaired) electrons. The van der Waals surface area contributed by atoms with Gasteiger partial charge in [0.25, 0.3) is 5.91 Å². The summed E-state index contributed by atoms with van der Waals surface area (Å²) in [5.41, 5.74) is 3.33. The highest BCUT2D eigenvalue weighted by Gasteiger charge is 2.47. The van der Waals surface area contributed by atoms with E-state index in [9.17, 15) is 9.59 Å². The molecule has 150 valence electrons.